The van der Waals surface area contributed by atoms with Crippen LogP contribution in [0, 0.1) is 0 Å². The highest BCUT2D eigenvalue weighted by molar-refractivity contribution is 5.96. The fraction of sp³-hybridized carbons (Fsp3) is 0.472. The third kappa shape index (κ3) is 15.9. The number of aromatic hydroxyl groups is 1. The van der Waals surface area contributed by atoms with Crippen molar-refractivity contribution in [3.8, 4) is 5.75 Å². The second-order valence-corrected chi connectivity index (χ2v) is 13.0. The van der Waals surface area contributed by atoms with Gasteiger partial charge in [-0.2, -0.15) is 13.2 Å². The van der Waals surface area contributed by atoms with Crippen LogP contribution in [0.1, 0.15) is 50.2 Å². The SMILES string of the molecule is C[C@H](N)C(=O)N[C@@H](Cc1ccc(O)cc1)C(=O)N1CCC[C@H]1C(=O)NCC(=O)N[C@@H](CCCCN)C(=O)N[C@@H](Cc1ccccc1)C(N)=O.O=C(O)C(F)(F)F. The summed E-state index contributed by atoms with van der Waals surface area (Å²) < 4.78 is 31.7. The normalized spacial score (nSPS) is 15.8. The van der Waals surface area contributed by atoms with E-state index in [9.17, 15) is 47.0 Å². The highest BCUT2D eigenvalue weighted by atomic mass is 19.4. The first-order valence-electron chi connectivity index (χ1n) is 17.7. The van der Waals surface area contributed by atoms with E-state index in [1.807, 2.05) is 6.07 Å². The van der Waals surface area contributed by atoms with Gasteiger partial charge in [0.15, 0.2) is 0 Å². The van der Waals surface area contributed by atoms with Gasteiger partial charge < -0.3 is 53.6 Å². The molecule has 0 aliphatic carbocycles. The quantitative estimate of drug-likeness (QED) is 0.0854. The van der Waals surface area contributed by atoms with Gasteiger partial charge in [-0.1, -0.05) is 42.5 Å². The summed E-state index contributed by atoms with van der Waals surface area (Å²) in [4.78, 5) is 88.1. The Hall–Kier alpha value is -5.76. The van der Waals surface area contributed by atoms with Crippen LogP contribution in [0.4, 0.5) is 13.2 Å². The minimum Gasteiger partial charge on any atom is -0.508 e. The Bertz CT molecular complexity index is 1650. The lowest BCUT2D eigenvalue weighted by Crippen LogP contribution is -2.57. The van der Waals surface area contributed by atoms with E-state index in [0.717, 1.165) is 5.56 Å². The van der Waals surface area contributed by atoms with Crippen molar-refractivity contribution in [2.45, 2.75) is 88.3 Å². The van der Waals surface area contributed by atoms with Crippen molar-refractivity contribution >= 4 is 41.4 Å². The van der Waals surface area contributed by atoms with Gasteiger partial charge in [0.2, 0.25) is 35.4 Å². The molecular formula is C36H49F3N8O9. The summed E-state index contributed by atoms with van der Waals surface area (Å²) in [5.74, 6) is -6.28. The van der Waals surface area contributed by atoms with E-state index < -0.39 is 84.3 Å². The molecule has 5 atom stereocenters. The molecule has 1 aliphatic rings. The summed E-state index contributed by atoms with van der Waals surface area (Å²) in [6.07, 6.45) is -2.60. The molecule has 6 amide bonds. The Morgan fingerprint density at radius 2 is 1.43 bits per heavy atom. The lowest BCUT2D eigenvalue weighted by atomic mass is 10.0. The maximum Gasteiger partial charge on any atom is 0.490 e. The average Bonchev–Trinajstić information content (AvgIpc) is 3.64. The first-order chi connectivity index (χ1) is 26.3. The minimum atomic E-state index is -5.08. The molecule has 0 spiro atoms. The number of unbranched alkanes of at least 4 members (excludes halogenated alkanes) is 1. The number of rotatable bonds is 18. The zero-order valence-corrected chi connectivity index (χ0v) is 30.7. The number of hydrogen-bond acceptors (Lipinski definition) is 10. The summed E-state index contributed by atoms with van der Waals surface area (Å²) in [6, 6.07) is 10.4. The molecule has 12 N–H and O–H groups in total. The Morgan fingerprint density at radius 1 is 0.857 bits per heavy atom. The van der Waals surface area contributed by atoms with Crippen LogP contribution in [0.5, 0.6) is 5.75 Å². The lowest BCUT2D eigenvalue weighted by molar-refractivity contribution is -0.192. The number of amides is 6. The van der Waals surface area contributed by atoms with Gasteiger partial charge in [-0.3, -0.25) is 28.8 Å². The molecule has 0 saturated carbocycles. The number of likely N-dealkylation sites (tertiary alicyclic amines) is 1. The molecule has 308 valence electrons. The third-order valence-electron chi connectivity index (χ3n) is 8.45. The number of nitrogens with two attached hydrogens (primary N) is 3. The number of nitrogens with zero attached hydrogens (tertiary/aromatic N) is 1. The van der Waals surface area contributed by atoms with E-state index in [2.05, 4.69) is 21.3 Å². The predicted octanol–water partition coefficient (Wildman–Crippen LogP) is -0.666. The zero-order chi connectivity index (χ0) is 42.0. The van der Waals surface area contributed by atoms with E-state index in [1.54, 1.807) is 36.4 Å². The Labute approximate surface area is 320 Å². The van der Waals surface area contributed by atoms with Crippen molar-refractivity contribution in [3.63, 3.8) is 0 Å². The topological polar surface area (TPSA) is 289 Å². The number of aliphatic carboxylic acids is 1. The van der Waals surface area contributed by atoms with Gasteiger partial charge >= 0.3 is 12.1 Å². The molecule has 0 unspecified atom stereocenters. The minimum absolute atomic E-state index is 0.0481. The molecule has 2 aromatic carbocycles. The number of primary amides is 1. The molecule has 1 heterocycles. The van der Waals surface area contributed by atoms with Gasteiger partial charge in [-0.25, -0.2) is 4.79 Å². The second kappa shape index (κ2) is 22.6. The number of hydrogen-bond donors (Lipinski definition) is 9. The number of phenolic OH excluding ortho intramolecular Hbond substituents is 1. The Balaban J connectivity index is 0.00000141. The second-order valence-electron chi connectivity index (χ2n) is 13.0. The number of alkyl halides is 3. The maximum atomic E-state index is 13.7. The fourth-order valence-electron chi connectivity index (χ4n) is 5.51. The lowest BCUT2D eigenvalue weighted by Gasteiger charge is -2.29. The van der Waals surface area contributed by atoms with Crippen LogP contribution >= 0.6 is 0 Å². The number of halogens is 3. The smallest absolute Gasteiger partial charge is 0.490 e. The number of carbonyl (C=O) groups is 7. The highest BCUT2D eigenvalue weighted by Gasteiger charge is 2.39. The van der Waals surface area contributed by atoms with Crippen molar-refractivity contribution in [2.75, 3.05) is 19.6 Å². The van der Waals surface area contributed by atoms with Crippen molar-refractivity contribution in [3.05, 3.63) is 65.7 Å². The van der Waals surface area contributed by atoms with Gasteiger partial charge in [-0.15, -0.1) is 0 Å². The predicted molar refractivity (Wildman–Crippen MR) is 195 cm³/mol. The average molecular weight is 795 g/mol. The number of phenols is 1. The van der Waals surface area contributed by atoms with Crippen molar-refractivity contribution in [1.29, 1.82) is 0 Å². The van der Waals surface area contributed by atoms with Gasteiger partial charge in [0, 0.05) is 19.4 Å². The largest absolute Gasteiger partial charge is 0.508 e. The summed E-state index contributed by atoms with van der Waals surface area (Å²) in [5.41, 5.74) is 18.4. The highest BCUT2D eigenvalue weighted by Crippen LogP contribution is 2.21. The molecule has 20 heteroatoms. The van der Waals surface area contributed by atoms with Crippen LogP contribution in [0.15, 0.2) is 54.6 Å². The van der Waals surface area contributed by atoms with Gasteiger partial charge in [0.25, 0.3) is 0 Å². The molecule has 0 aromatic heterocycles. The molecule has 17 nitrogen and oxygen atoms in total. The summed E-state index contributed by atoms with van der Waals surface area (Å²) in [6.45, 7) is 1.66. The number of carboxylic acids is 1. The first kappa shape index (κ1) is 46.4. The third-order valence-corrected chi connectivity index (χ3v) is 8.45. The number of nitrogens with one attached hydrogen (secondary N) is 4. The van der Waals surface area contributed by atoms with E-state index >= 15 is 0 Å². The van der Waals surface area contributed by atoms with Crippen molar-refractivity contribution < 1.29 is 56.9 Å². The zero-order valence-electron chi connectivity index (χ0n) is 30.7. The van der Waals surface area contributed by atoms with Crippen LogP contribution in [0.25, 0.3) is 0 Å². The molecule has 2 aromatic rings. The summed E-state index contributed by atoms with van der Waals surface area (Å²) >= 11 is 0. The number of benzene rings is 2. The fourth-order valence-corrected chi connectivity index (χ4v) is 5.51. The van der Waals surface area contributed by atoms with Crippen LogP contribution < -0.4 is 38.5 Å². The van der Waals surface area contributed by atoms with Gasteiger partial charge in [-0.05, 0) is 68.8 Å². The molecule has 1 saturated heterocycles. The monoisotopic (exact) mass is 794 g/mol. The summed E-state index contributed by atoms with van der Waals surface area (Å²) in [5, 5.41) is 27.2. The van der Waals surface area contributed by atoms with Crippen molar-refractivity contribution in [1.82, 2.24) is 26.2 Å². The van der Waals surface area contributed by atoms with E-state index in [1.165, 1.54) is 24.0 Å². The number of carbonyl (C=O) groups excluding carboxylic acids is 6. The van der Waals surface area contributed by atoms with Crippen LogP contribution in [0.3, 0.4) is 0 Å². The molecule has 3 rings (SSSR count). The maximum absolute atomic E-state index is 13.7. The standard InChI is InChI=1S/C34H48N8O7.C2HF3O2/c1-21(36)31(46)41-27(19-23-12-14-24(43)15-13-23)34(49)42-17-7-11-28(42)33(48)38-20-29(44)39-25(10-5-6-16-35)32(47)40-26(30(37)45)18-22-8-3-2-4-9-22;3-2(4,5)1(6)7/h2-4,8-9,12-15,21,25-28,43H,5-7,10-11,16-20,35-36H2,1H3,(H2,37,45)(H,38,48)(H,39,44)(H,40,47)(H,41,46);(H,6,7)/t21-,25-,26-,27-,28-;/m0./s1. The first-order valence-corrected chi connectivity index (χ1v) is 17.7. The van der Waals surface area contributed by atoms with Gasteiger partial charge in [0.05, 0.1) is 12.6 Å². The van der Waals surface area contributed by atoms with Crippen LogP contribution in [0.2, 0.25) is 0 Å². The number of carboxylic acid groups (broad SMARTS) is 1. The van der Waals surface area contributed by atoms with Crippen LogP contribution in [-0.4, -0.2) is 113 Å². The van der Waals surface area contributed by atoms with Crippen LogP contribution in [-0.2, 0) is 46.4 Å². The van der Waals surface area contributed by atoms with Crippen molar-refractivity contribution in [2.24, 2.45) is 17.2 Å². The van der Waals surface area contributed by atoms with E-state index in [0.29, 0.717) is 37.8 Å². The van der Waals surface area contributed by atoms with E-state index in [4.69, 9.17) is 27.1 Å². The molecule has 0 bridgehead atoms. The molecule has 1 fully saturated rings. The Kier molecular flexibility index (Phi) is 18.7. The van der Waals surface area contributed by atoms with E-state index in [-0.39, 0.29) is 31.6 Å². The Morgan fingerprint density at radius 3 is 1.98 bits per heavy atom. The summed E-state index contributed by atoms with van der Waals surface area (Å²) in [7, 11) is 0. The molecular weight excluding hydrogens is 745 g/mol. The molecule has 56 heavy (non-hydrogen) atoms. The molecule has 0 radical (unpaired) electrons. The van der Waals surface area contributed by atoms with Gasteiger partial charge in [0.1, 0.15) is 29.9 Å². The molecule has 1 aliphatic heterocycles.